The number of aromatic hydroxyl groups is 1. The highest BCUT2D eigenvalue weighted by Crippen LogP contribution is 2.35. The van der Waals surface area contributed by atoms with Gasteiger partial charge in [-0.3, -0.25) is 9.79 Å². The van der Waals surface area contributed by atoms with Crippen LogP contribution in [0.2, 0.25) is 0 Å². The molecule has 2 atom stereocenters. The molecule has 0 spiro atoms. The van der Waals surface area contributed by atoms with Crippen molar-refractivity contribution >= 4 is 39.7 Å². The molecule has 2 aromatic rings. The smallest absolute Gasteiger partial charge is 0.162 e. The van der Waals surface area contributed by atoms with Gasteiger partial charge in [0.25, 0.3) is 0 Å². The predicted octanol–water partition coefficient (Wildman–Crippen LogP) is 6.56. The van der Waals surface area contributed by atoms with Gasteiger partial charge >= 0.3 is 0 Å². The van der Waals surface area contributed by atoms with Crippen molar-refractivity contribution in [2.24, 2.45) is 22.7 Å². The number of benzene rings is 2. The first-order valence-electron chi connectivity index (χ1n) is 9.73. The number of halogens is 1. The maximum atomic E-state index is 12.8. The van der Waals surface area contributed by atoms with E-state index in [1.807, 2.05) is 36.4 Å². The molecule has 1 aliphatic rings. The maximum Gasteiger partial charge on any atom is 0.162 e. The summed E-state index contributed by atoms with van der Waals surface area (Å²) in [6, 6.07) is 13.1. The van der Waals surface area contributed by atoms with Gasteiger partial charge in [0.2, 0.25) is 0 Å². The molecule has 1 fully saturated rings. The summed E-state index contributed by atoms with van der Waals surface area (Å²) in [6.07, 6.45) is 5.74. The van der Waals surface area contributed by atoms with Crippen molar-refractivity contribution in [1.82, 2.24) is 0 Å². The van der Waals surface area contributed by atoms with Gasteiger partial charge in [-0.25, -0.2) is 0 Å². The Balaban J connectivity index is 1.78. The fourth-order valence-corrected chi connectivity index (χ4v) is 4.01. The second-order valence-electron chi connectivity index (χ2n) is 7.85. The zero-order valence-electron chi connectivity index (χ0n) is 16.5. The number of allylic oxidation sites excluding steroid dienone is 1. The zero-order chi connectivity index (χ0) is 20.3. The van der Waals surface area contributed by atoms with E-state index in [9.17, 15) is 9.90 Å². The highest BCUT2D eigenvalue weighted by atomic mass is 79.9. The average Bonchev–Trinajstić information content (AvgIpc) is 2.66. The van der Waals surface area contributed by atoms with E-state index in [-0.39, 0.29) is 11.7 Å². The third-order valence-corrected chi connectivity index (χ3v) is 5.92. The van der Waals surface area contributed by atoms with Gasteiger partial charge in [0.1, 0.15) is 5.75 Å². The van der Waals surface area contributed by atoms with Crippen LogP contribution in [0.5, 0.6) is 5.75 Å². The lowest BCUT2D eigenvalue weighted by atomic mass is 9.73. The van der Waals surface area contributed by atoms with Crippen molar-refractivity contribution in [2.75, 3.05) is 0 Å². The highest BCUT2D eigenvalue weighted by Gasteiger charge is 2.32. The lowest BCUT2D eigenvalue weighted by molar-refractivity contribution is -0.122. The number of carbonyl (C=O) groups excluding carboxylic acids is 1. The Morgan fingerprint density at radius 3 is 2.54 bits per heavy atom. The molecule has 4 heteroatoms. The van der Waals surface area contributed by atoms with E-state index in [0.717, 1.165) is 34.1 Å². The summed E-state index contributed by atoms with van der Waals surface area (Å²) in [5.41, 5.74) is 3.41. The number of hydrogen-bond donors (Lipinski definition) is 1. The Kier molecular flexibility index (Phi) is 6.50. The number of hydrogen-bond acceptors (Lipinski definition) is 3. The van der Waals surface area contributed by atoms with Gasteiger partial charge in [-0.05, 0) is 72.2 Å². The van der Waals surface area contributed by atoms with Gasteiger partial charge in [-0.2, -0.15) is 0 Å². The molecule has 0 unspecified atom stereocenters. The molecule has 0 bridgehead atoms. The summed E-state index contributed by atoms with van der Waals surface area (Å²) < 4.78 is 0.889. The minimum absolute atomic E-state index is 0.143. The topological polar surface area (TPSA) is 49.7 Å². The summed E-state index contributed by atoms with van der Waals surface area (Å²) in [5, 5.41) is 9.90. The second kappa shape index (κ2) is 8.87. The normalized spacial score (nSPS) is 21.8. The number of ketones is 1. The number of phenolic OH excluding ortho intramolecular Hbond substituents is 1. The highest BCUT2D eigenvalue weighted by molar-refractivity contribution is 9.10. The first-order valence-corrected chi connectivity index (χ1v) is 10.5. The molecule has 0 heterocycles. The summed E-state index contributed by atoms with van der Waals surface area (Å²) in [5.74, 6) is 1.33. The van der Waals surface area contributed by atoms with Gasteiger partial charge in [-0.1, -0.05) is 48.8 Å². The van der Waals surface area contributed by atoms with Crippen LogP contribution in [0.1, 0.15) is 44.7 Å². The Bertz CT molecular complexity index is 913. The molecule has 3 rings (SSSR count). The second-order valence-corrected chi connectivity index (χ2v) is 8.76. The van der Waals surface area contributed by atoms with Gasteiger partial charge in [-0.15, -0.1) is 0 Å². The Morgan fingerprint density at radius 1 is 1.14 bits per heavy atom. The van der Waals surface area contributed by atoms with Gasteiger partial charge in [0, 0.05) is 22.2 Å². The van der Waals surface area contributed by atoms with Crippen molar-refractivity contribution in [3.05, 3.63) is 63.6 Å². The summed E-state index contributed by atoms with van der Waals surface area (Å²) in [7, 11) is 0. The minimum atomic E-state index is 0.143. The fourth-order valence-electron chi connectivity index (χ4n) is 3.63. The van der Waals surface area contributed by atoms with Crippen LogP contribution in [-0.4, -0.2) is 17.1 Å². The summed E-state index contributed by atoms with van der Waals surface area (Å²) >= 11 is 3.40. The minimum Gasteiger partial charge on any atom is -0.507 e. The predicted molar refractivity (Wildman–Crippen MR) is 119 cm³/mol. The third kappa shape index (κ3) is 4.79. The van der Waals surface area contributed by atoms with Crippen LogP contribution in [0.4, 0.5) is 5.69 Å². The molecule has 0 radical (unpaired) electrons. The van der Waals surface area contributed by atoms with Crippen molar-refractivity contribution in [3.8, 4) is 5.75 Å². The largest absolute Gasteiger partial charge is 0.507 e. The lowest BCUT2D eigenvalue weighted by Crippen LogP contribution is -2.30. The quantitative estimate of drug-likeness (QED) is 0.432. The van der Waals surface area contributed by atoms with Crippen LogP contribution in [-0.2, 0) is 4.79 Å². The van der Waals surface area contributed by atoms with E-state index in [1.54, 1.807) is 18.3 Å². The molecule has 2 aromatic carbocycles. The van der Waals surface area contributed by atoms with Crippen LogP contribution < -0.4 is 0 Å². The lowest BCUT2D eigenvalue weighted by Gasteiger charge is -2.30. The van der Waals surface area contributed by atoms with Crippen LogP contribution in [0.3, 0.4) is 0 Å². The number of phenols is 1. The van der Waals surface area contributed by atoms with E-state index < -0.39 is 0 Å². The number of rotatable bonds is 4. The Labute approximate surface area is 175 Å². The number of aliphatic imine (C=N–C) groups is 1. The van der Waals surface area contributed by atoms with Gasteiger partial charge < -0.3 is 5.11 Å². The molecule has 1 saturated carbocycles. The van der Waals surface area contributed by atoms with Crippen LogP contribution in [0.25, 0.3) is 6.08 Å². The first-order chi connectivity index (χ1) is 13.3. The fraction of sp³-hybridized carbons (Fsp3) is 0.333. The van der Waals surface area contributed by atoms with Crippen molar-refractivity contribution in [1.29, 1.82) is 0 Å². The van der Waals surface area contributed by atoms with Gasteiger partial charge in [0.05, 0.1) is 5.69 Å². The molecule has 0 aromatic heterocycles. The molecule has 28 heavy (non-hydrogen) atoms. The van der Waals surface area contributed by atoms with E-state index >= 15 is 0 Å². The standard InChI is InChI=1S/C24H26BrNO2/c1-15(2)21-10-4-16(3)22(24(21)28)12-17-5-8-20(9-6-17)26-14-18-13-19(25)7-11-23(18)27/h5-9,11-16,21,27H,4,10H2,1-3H3/b22-12-,26-14?/t16-,21+/m0/s1. The van der Waals surface area contributed by atoms with Crippen LogP contribution in [0.15, 0.2) is 57.5 Å². The molecular weight excluding hydrogens is 414 g/mol. The molecule has 0 amide bonds. The molecule has 0 aliphatic heterocycles. The maximum absolute atomic E-state index is 12.8. The number of Topliss-reactive ketones (excluding diaryl/α,β-unsaturated/α-hetero) is 1. The number of carbonyl (C=O) groups is 1. The van der Waals surface area contributed by atoms with Crippen molar-refractivity contribution in [3.63, 3.8) is 0 Å². The molecular formula is C24H26BrNO2. The molecule has 146 valence electrons. The van der Waals surface area contributed by atoms with E-state index in [0.29, 0.717) is 23.2 Å². The number of nitrogens with zero attached hydrogens (tertiary/aromatic N) is 1. The van der Waals surface area contributed by atoms with E-state index in [4.69, 9.17) is 0 Å². The first kappa shape index (κ1) is 20.5. The average molecular weight is 440 g/mol. The monoisotopic (exact) mass is 439 g/mol. The van der Waals surface area contributed by atoms with Crippen LogP contribution >= 0.6 is 15.9 Å². The van der Waals surface area contributed by atoms with Crippen molar-refractivity contribution in [2.45, 2.75) is 33.6 Å². The Hall–Kier alpha value is -2.20. The molecule has 0 saturated heterocycles. The Morgan fingerprint density at radius 2 is 1.86 bits per heavy atom. The summed E-state index contributed by atoms with van der Waals surface area (Å²) in [6.45, 7) is 6.40. The SMILES string of the molecule is CC(C)[C@H]1CC[C@H](C)/C(=C/c2ccc(N=Cc3cc(Br)ccc3O)cc2)C1=O. The molecule has 1 aliphatic carbocycles. The molecule has 3 nitrogen and oxygen atoms in total. The van der Waals surface area contributed by atoms with Crippen molar-refractivity contribution < 1.29 is 9.90 Å². The van der Waals surface area contributed by atoms with E-state index in [1.165, 1.54) is 0 Å². The molecule has 1 N–H and O–H groups in total. The third-order valence-electron chi connectivity index (χ3n) is 5.43. The zero-order valence-corrected chi connectivity index (χ0v) is 18.1. The van der Waals surface area contributed by atoms with E-state index in [2.05, 4.69) is 41.7 Å². The van der Waals surface area contributed by atoms with Crippen LogP contribution in [0, 0.1) is 17.8 Å². The van der Waals surface area contributed by atoms with Gasteiger partial charge in [0.15, 0.2) is 5.78 Å². The summed E-state index contributed by atoms with van der Waals surface area (Å²) in [4.78, 5) is 17.3.